The largest absolute Gasteiger partial charge is 0.493 e. The van der Waals surface area contributed by atoms with E-state index in [9.17, 15) is 5.11 Å². The Morgan fingerprint density at radius 1 is 1.25 bits per heavy atom. The SMILES string of the molecule is COc1ccc([C@H]2C[C@@H]2[C@H](C)O)cc1OC. The summed E-state index contributed by atoms with van der Waals surface area (Å²) in [5.74, 6) is 2.38. The summed E-state index contributed by atoms with van der Waals surface area (Å²) in [6.07, 6.45) is 0.839. The minimum atomic E-state index is -0.224. The molecule has 0 aromatic heterocycles. The van der Waals surface area contributed by atoms with Gasteiger partial charge in [-0.1, -0.05) is 6.07 Å². The Hall–Kier alpha value is -1.22. The van der Waals surface area contributed by atoms with Crippen LogP contribution in [0.15, 0.2) is 18.2 Å². The molecular weight excluding hydrogens is 204 g/mol. The zero-order valence-corrected chi connectivity index (χ0v) is 9.93. The smallest absolute Gasteiger partial charge is 0.160 e. The maximum atomic E-state index is 9.50. The molecule has 0 amide bonds. The van der Waals surface area contributed by atoms with Gasteiger partial charge in [0.15, 0.2) is 11.5 Å². The molecule has 16 heavy (non-hydrogen) atoms. The molecule has 0 spiro atoms. The Morgan fingerprint density at radius 2 is 1.94 bits per heavy atom. The maximum Gasteiger partial charge on any atom is 0.160 e. The highest BCUT2D eigenvalue weighted by molar-refractivity contribution is 5.45. The van der Waals surface area contributed by atoms with Gasteiger partial charge >= 0.3 is 0 Å². The van der Waals surface area contributed by atoms with Crippen molar-refractivity contribution < 1.29 is 14.6 Å². The summed E-state index contributed by atoms with van der Waals surface area (Å²) in [4.78, 5) is 0. The fourth-order valence-corrected chi connectivity index (χ4v) is 2.21. The molecule has 1 aromatic rings. The first-order valence-corrected chi connectivity index (χ1v) is 5.57. The molecule has 0 saturated heterocycles. The predicted molar refractivity (Wildman–Crippen MR) is 62.1 cm³/mol. The Balaban J connectivity index is 2.18. The van der Waals surface area contributed by atoms with Crippen LogP contribution >= 0.6 is 0 Å². The van der Waals surface area contributed by atoms with E-state index in [4.69, 9.17) is 9.47 Å². The van der Waals surface area contributed by atoms with E-state index < -0.39 is 0 Å². The van der Waals surface area contributed by atoms with Gasteiger partial charge in [-0.2, -0.15) is 0 Å². The van der Waals surface area contributed by atoms with Crippen molar-refractivity contribution in [3.8, 4) is 11.5 Å². The van der Waals surface area contributed by atoms with Crippen molar-refractivity contribution in [1.82, 2.24) is 0 Å². The van der Waals surface area contributed by atoms with Crippen molar-refractivity contribution in [2.75, 3.05) is 14.2 Å². The van der Waals surface area contributed by atoms with Crippen molar-refractivity contribution in [2.45, 2.75) is 25.4 Å². The molecular formula is C13H18O3. The third-order valence-electron chi connectivity index (χ3n) is 3.30. The molecule has 0 aliphatic heterocycles. The minimum Gasteiger partial charge on any atom is -0.493 e. The van der Waals surface area contributed by atoms with E-state index in [1.165, 1.54) is 5.56 Å². The topological polar surface area (TPSA) is 38.7 Å². The zero-order chi connectivity index (χ0) is 11.7. The average molecular weight is 222 g/mol. The van der Waals surface area contributed by atoms with Crippen molar-refractivity contribution in [1.29, 1.82) is 0 Å². The van der Waals surface area contributed by atoms with E-state index in [1.54, 1.807) is 14.2 Å². The molecule has 88 valence electrons. The highest BCUT2D eigenvalue weighted by Gasteiger charge is 2.41. The summed E-state index contributed by atoms with van der Waals surface area (Å²) in [6.45, 7) is 1.85. The molecule has 1 aliphatic rings. The molecule has 0 unspecified atom stereocenters. The van der Waals surface area contributed by atoms with Gasteiger partial charge in [0.05, 0.1) is 20.3 Å². The average Bonchev–Trinajstić information content (AvgIpc) is 3.08. The van der Waals surface area contributed by atoms with Crippen LogP contribution < -0.4 is 9.47 Å². The molecule has 1 aliphatic carbocycles. The van der Waals surface area contributed by atoms with Crippen molar-refractivity contribution in [3.63, 3.8) is 0 Å². The molecule has 0 radical (unpaired) electrons. The van der Waals surface area contributed by atoms with E-state index in [1.807, 2.05) is 19.1 Å². The lowest BCUT2D eigenvalue weighted by Gasteiger charge is -2.09. The third kappa shape index (κ3) is 2.00. The Labute approximate surface area is 96.0 Å². The third-order valence-corrected chi connectivity index (χ3v) is 3.30. The van der Waals surface area contributed by atoms with E-state index in [2.05, 4.69) is 6.07 Å². The van der Waals surface area contributed by atoms with E-state index >= 15 is 0 Å². The van der Waals surface area contributed by atoms with Crippen molar-refractivity contribution >= 4 is 0 Å². The first kappa shape index (κ1) is 11.3. The first-order chi connectivity index (χ1) is 7.67. The molecule has 0 bridgehead atoms. The maximum absolute atomic E-state index is 9.50. The quantitative estimate of drug-likeness (QED) is 0.848. The fourth-order valence-electron chi connectivity index (χ4n) is 2.21. The zero-order valence-electron chi connectivity index (χ0n) is 9.93. The second kappa shape index (κ2) is 4.34. The lowest BCUT2D eigenvalue weighted by atomic mass is 10.1. The van der Waals surface area contributed by atoms with Crippen LogP contribution in [0.5, 0.6) is 11.5 Å². The van der Waals surface area contributed by atoms with Gasteiger partial charge in [-0.3, -0.25) is 0 Å². The first-order valence-electron chi connectivity index (χ1n) is 5.57. The van der Waals surface area contributed by atoms with Gasteiger partial charge in [0.25, 0.3) is 0 Å². The van der Waals surface area contributed by atoms with Gasteiger partial charge in [-0.15, -0.1) is 0 Å². The second-order valence-electron chi connectivity index (χ2n) is 4.36. The highest BCUT2D eigenvalue weighted by atomic mass is 16.5. The van der Waals surface area contributed by atoms with Crippen LogP contribution in [0.4, 0.5) is 0 Å². The van der Waals surface area contributed by atoms with Crippen LogP contribution in [0.3, 0.4) is 0 Å². The van der Waals surface area contributed by atoms with Crippen LogP contribution in [-0.4, -0.2) is 25.4 Å². The Bertz CT molecular complexity index is 373. The van der Waals surface area contributed by atoms with Crippen LogP contribution in [0.25, 0.3) is 0 Å². The number of benzene rings is 1. The van der Waals surface area contributed by atoms with Crippen molar-refractivity contribution in [3.05, 3.63) is 23.8 Å². The lowest BCUT2D eigenvalue weighted by molar-refractivity contribution is 0.169. The molecule has 0 heterocycles. The lowest BCUT2D eigenvalue weighted by Crippen LogP contribution is -2.03. The molecule has 3 atom stereocenters. The molecule has 1 saturated carbocycles. The number of aliphatic hydroxyl groups excluding tert-OH is 1. The Morgan fingerprint density at radius 3 is 2.44 bits per heavy atom. The number of aliphatic hydroxyl groups is 1. The van der Waals surface area contributed by atoms with Crippen LogP contribution in [0.1, 0.15) is 24.8 Å². The second-order valence-corrected chi connectivity index (χ2v) is 4.36. The standard InChI is InChI=1S/C13H18O3/c1-8(14)10-7-11(10)9-4-5-12(15-2)13(6-9)16-3/h4-6,8,10-11,14H,7H2,1-3H3/t8-,10+,11+/m0/s1. The van der Waals surface area contributed by atoms with Crippen LogP contribution in [-0.2, 0) is 0 Å². The summed E-state index contributed by atoms with van der Waals surface area (Å²) in [5.41, 5.74) is 1.23. The number of hydrogen-bond acceptors (Lipinski definition) is 3. The van der Waals surface area contributed by atoms with Gasteiger partial charge in [0, 0.05) is 0 Å². The summed E-state index contributed by atoms with van der Waals surface area (Å²) >= 11 is 0. The predicted octanol–water partition coefficient (Wildman–Crippen LogP) is 2.19. The highest BCUT2D eigenvalue weighted by Crippen LogP contribution is 2.50. The summed E-state index contributed by atoms with van der Waals surface area (Å²) in [6, 6.07) is 5.98. The van der Waals surface area contributed by atoms with E-state index in [0.29, 0.717) is 11.8 Å². The molecule has 3 heteroatoms. The fraction of sp³-hybridized carbons (Fsp3) is 0.538. The summed E-state index contributed by atoms with van der Waals surface area (Å²) in [7, 11) is 3.27. The van der Waals surface area contributed by atoms with Gasteiger partial charge in [0.1, 0.15) is 0 Å². The normalized spacial score (nSPS) is 25.0. The van der Waals surface area contributed by atoms with Gasteiger partial charge in [-0.05, 0) is 42.9 Å². The summed E-state index contributed by atoms with van der Waals surface area (Å²) in [5, 5.41) is 9.50. The molecule has 1 aromatic carbocycles. The Kier molecular flexibility index (Phi) is 3.06. The molecule has 1 N–H and O–H groups in total. The number of methoxy groups -OCH3 is 2. The monoisotopic (exact) mass is 222 g/mol. The van der Waals surface area contributed by atoms with Gasteiger partial charge < -0.3 is 14.6 Å². The van der Waals surface area contributed by atoms with Crippen LogP contribution in [0.2, 0.25) is 0 Å². The molecule has 2 rings (SSSR count). The van der Waals surface area contributed by atoms with Crippen LogP contribution in [0, 0.1) is 5.92 Å². The number of hydrogen-bond donors (Lipinski definition) is 1. The number of ether oxygens (including phenoxy) is 2. The van der Waals surface area contributed by atoms with E-state index in [0.717, 1.165) is 17.9 Å². The van der Waals surface area contributed by atoms with E-state index in [-0.39, 0.29) is 6.10 Å². The van der Waals surface area contributed by atoms with Gasteiger partial charge in [0.2, 0.25) is 0 Å². The van der Waals surface area contributed by atoms with Crippen molar-refractivity contribution in [2.24, 2.45) is 5.92 Å². The molecule has 3 nitrogen and oxygen atoms in total. The minimum absolute atomic E-state index is 0.224. The molecule has 1 fully saturated rings. The van der Waals surface area contributed by atoms with Gasteiger partial charge in [-0.25, -0.2) is 0 Å². The number of rotatable bonds is 4. The summed E-state index contributed by atoms with van der Waals surface area (Å²) < 4.78 is 10.5.